The van der Waals surface area contributed by atoms with Crippen molar-refractivity contribution in [3.63, 3.8) is 0 Å². The summed E-state index contributed by atoms with van der Waals surface area (Å²) >= 11 is 0. The zero-order valence-electron chi connectivity index (χ0n) is 13.0. The maximum atomic E-state index is 12.4. The highest BCUT2D eigenvalue weighted by Crippen LogP contribution is 2.39. The van der Waals surface area contributed by atoms with E-state index in [0.717, 1.165) is 5.69 Å². The van der Waals surface area contributed by atoms with Gasteiger partial charge in [0.25, 0.3) is 5.91 Å². The molecule has 0 saturated heterocycles. The fraction of sp³-hybridized carbons (Fsp3) is 0.250. The quantitative estimate of drug-likeness (QED) is 0.919. The Bertz CT molecular complexity index is 686. The van der Waals surface area contributed by atoms with Gasteiger partial charge in [0.1, 0.15) is 5.82 Å². The lowest BCUT2D eigenvalue weighted by Gasteiger charge is -2.15. The van der Waals surface area contributed by atoms with E-state index in [-0.39, 0.29) is 5.91 Å². The van der Waals surface area contributed by atoms with Crippen LogP contribution >= 0.6 is 0 Å². The van der Waals surface area contributed by atoms with Gasteiger partial charge in [-0.15, -0.1) is 0 Å². The number of hydrogen-bond acceptors (Lipinski definition) is 5. The average Bonchev–Trinajstić information content (AvgIpc) is 2.53. The van der Waals surface area contributed by atoms with E-state index in [0.29, 0.717) is 28.6 Å². The molecule has 2 rings (SSSR count). The Hall–Kier alpha value is -2.76. The second-order valence-electron chi connectivity index (χ2n) is 4.50. The number of methoxy groups -OCH3 is 3. The summed E-state index contributed by atoms with van der Waals surface area (Å²) in [5, 5.41) is 2.74. The lowest BCUT2D eigenvalue weighted by Crippen LogP contribution is -2.15. The Morgan fingerprint density at radius 3 is 2.32 bits per heavy atom. The van der Waals surface area contributed by atoms with E-state index in [4.69, 9.17) is 14.2 Å². The minimum Gasteiger partial charge on any atom is -0.493 e. The third-order valence-corrected chi connectivity index (χ3v) is 3.08. The van der Waals surface area contributed by atoms with Crippen LogP contribution in [0.5, 0.6) is 17.2 Å². The highest BCUT2D eigenvalue weighted by atomic mass is 16.5. The van der Waals surface area contributed by atoms with Crippen molar-refractivity contribution in [1.82, 2.24) is 4.98 Å². The number of ether oxygens (including phenoxy) is 3. The number of carbonyl (C=O) groups excluding carboxylic acids is 1. The number of aromatic nitrogens is 1. The number of anilines is 1. The Labute approximate surface area is 129 Å². The van der Waals surface area contributed by atoms with Crippen LogP contribution in [0.1, 0.15) is 16.1 Å². The van der Waals surface area contributed by atoms with E-state index < -0.39 is 0 Å². The first-order valence-electron chi connectivity index (χ1n) is 6.64. The van der Waals surface area contributed by atoms with E-state index in [2.05, 4.69) is 10.3 Å². The zero-order valence-corrected chi connectivity index (χ0v) is 13.0. The van der Waals surface area contributed by atoms with Gasteiger partial charge in [0, 0.05) is 5.69 Å². The molecule has 0 aliphatic carbocycles. The van der Waals surface area contributed by atoms with Gasteiger partial charge in [-0.2, -0.15) is 0 Å². The molecule has 1 heterocycles. The summed E-state index contributed by atoms with van der Waals surface area (Å²) in [6.45, 7) is 1.85. The molecule has 0 bridgehead atoms. The van der Waals surface area contributed by atoms with Crippen molar-refractivity contribution >= 4 is 11.7 Å². The highest BCUT2D eigenvalue weighted by molar-refractivity contribution is 6.06. The fourth-order valence-electron chi connectivity index (χ4n) is 2.08. The van der Waals surface area contributed by atoms with Crippen LogP contribution in [0.4, 0.5) is 5.82 Å². The third kappa shape index (κ3) is 3.11. The van der Waals surface area contributed by atoms with Crippen LogP contribution in [-0.2, 0) is 0 Å². The first kappa shape index (κ1) is 15.6. The van der Waals surface area contributed by atoms with Gasteiger partial charge in [-0.25, -0.2) is 4.98 Å². The van der Waals surface area contributed by atoms with Crippen LogP contribution < -0.4 is 19.5 Å². The second-order valence-corrected chi connectivity index (χ2v) is 4.50. The molecule has 6 heteroatoms. The summed E-state index contributed by atoms with van der Waals surface area (Å²) in [7, 11) is 4.48. The Kier molecular flexibility index (Phi) is 4.83. The molecule has 0 spiro atoms. The van der Waals surface area contributed by atoms with Gasteiger partial charge in [0.2, 0.25) is 5.75 Å². The molecule has 0 radical (unpaired) electrons. The standard InChI is InChI=1S/C16H18N2O4/c1-10-6-5-7-13(17-10)18-16(19)11-8-9-12(20-2)15(22-4)14(11)21-3/h5-9H,1-4H3,(H,17,18,19). The molecule has 0 fully saturated rings. The van der Waals surface area contributed by atoms with Crippen molar-refractivity contribution in [3.8, 4) is 17.2 Å². The van der Waals surface area contributed by atoms with E-state index in [9.17, 15) is 4.79 Å². The van der Waals surface area contributed by atoms with Gasteiger partial charge in [-0.05, 0) is 31.2 Å². The smallest absolute Gasteiger partial charge is 0.260 e. The van der Waals surface area contributed by atoms with Crippen LogP contribution in [0, 0.1) is 6.92 Å². The summed E-state index contributed by atoms with van der Waals surface area (Å²) in [5.74, 6) is 1.31. The predicted molar refractivity (Wildman–Crippen MR) is 83.0 cm³/mol. The monoisotopic (exact) mass is 302 g/mol. The van der Waals surface area contributed by atoms with Gasteiger partial charge >= 0.3 is 0 Å². The highest BCUT2D eigenvalue weighted by Gasteiger charge is 2.20. The number of aryl methyl sites for hydroxylation is 1. The van der Waals surface area contributed by atoms with Crippen LogP contribution in [0.2, 0.25) is 0 Å². The Morgan fingerprint density at radius 1 is 1.00 bits per heavy atom. The summed E-state index contributed by atoms with van der Waals surface area (Å²) < 4.78 is 15.8. The molecule has 0 aliphatic rings. The van der Waals surface area contributed by atoms with Gasteiger partial charge in [-0.1, -0.05) is 6.07 Å². The van der Waals surface area contributed by atoms with Crippen LogP contribution in [0.3, 0.4) is 0 Å². The largest absolute Gasteiger partial charge is 0.493 e. The molecular formula is C16H18N2O4. The number of hydrogen-bond donors (Lipinski definition) is 1. The number of rotatable bonds is 5. The number of benzene rings is 1. The Balaban J connectivity index is 2.37. The second kappa shape index (κ2) is 6.80. The molecule has 0 atom stereocenters. The Morgan fingerprint density at radius 2 is 1.73 bits per heavy atom. The van der Waals surface area contributed by atoms with Gasteiger partial charge in [-0.3, -0.25) is 4.79 Å². The van der Waals surface area contributed by atoms with E-state index >= 15 is 0 Å². The predicted octanol–water partition coefficient (Wildman–Crippen LogP) is 2.67. The molecule has 1 N–H and O–H groups in total. The number of pyridine rings is 1. The molecule has 116 valence electrons. The van der Waals surface area contributed by atoms with Crippen molar-refractivity contribution in [2.75, 3.05) is 26.6 Å². The van der Waals surface area contributed by atoms with E-state index in [1.807, 2.05) is 19.1 Å². The molecule has 1 aromatic heterocycles. The lowest BCUT2D eigenvalue weighted by atomic mass is 10.1. The zero-order chi connectivity index (χ0) is 16.1. The average molecular weight is 302 g/mol. The van der Waals surface area contributed by atoms with Crippen molar-refractivity contribution < 1.29 is 19.0 Å². The number of amides is 1. The molecular weight excluding hydrogens is 284 g/mol. The van der Waals surface area contributed by atoms with Crippen LogP contribution in [0.15, 0.2) is 30.3 Å². The molecule has 22 heavy (non-hydrogen) atoms. The van der Waals surface area contributed by atoms with Crippen molar-refractivity contribution in [3.05, 3.63) is 41.6 Å². The van der Waals surface area contributed by atoms with Crippen molar-refractivity contribution in [2.24, 2.45) is 0 Å². The number of nitrogens with zero attached hydrogens (tertiary/aromatic N) is 1. The topological polar surface area (TPSA) is 69.7 Å². The maximum absolute atomic E-state index is 12.4. The molecule has 0 unspecified atom stereocenters. The van der Waals surface area contributed by atoms with Gasteiger partial charge < -0.3 is 19.5 Å². The van der Waals surface area contributed by atoms with E-state index in [1.165, 1.54) is 21.3 Å². The molecule has 0 aliphatic heterocycles. The fourth-order valence-corrected chi connectivity index (χ4v) is 2.08. The molecule has 6 nitrogen and oxygen atoms in total. The van der Waals surface area contributed by atoms with E-state index in [1.54, 1.807) is 18.2 Å². The normalized spacial score (nSPS) is 10.0. The third-order valence-electron chi connectivity index (χ3n) is 3.08. The first-order valence-corrected chi connectivity index (χ1v) is 6.64. The summed E-state index contributed by atoms with van der Waals surface area (Å²) in [6, 6.07) is 8.67. The number of carbonyl (C=O) groups is 1. The van der Waals surface area contributed by atoms with Gasteiger partial charge in [0.15, 0.2) is 11.5 Å². The van der Waals surface area contributed by atoms with Crippen LogP contribution in [0.25, 0.3) is 0 Å². The van der Waals surface area contributed by atoms with Crippen molar-refractivity contribution in [2.45, 2.75) is 6.92 Å². The summed E-state index contributed by atoms with van der Waals surface area (Å²) in [5.41, 5.74) is 1.15. The minimum atomic E-state index is -0.337. The van der Waals surface area contributed by atoms with Gasteiger partial charge in [0.05, 0.1) is 26.9 Å². The SMILES string of the molecule is COc1ccc(C(=O)Nc2cccc(C)n2)c(OC)c1OC. The van der Waals surface area contributed by atoms with Crippen molar-refractivity contribution in [1.29, 1.82) is 0 Å². The molecule has 1 amide bonds. The van der Waals surface area contributed by atoms with Crippen LogP contribution in [-0.4, -0.2) is 32.2 Å². The lowest BCUT2D eigenvalue weighted by molar-refractivity contribution is 0.102. The molecule has 2 aromatic rings. The molecule has 0 saturated carbocycles. The summed E-state index contributed by atoms with van der Waals surface area (Å²) in [4.78, 5) is 16.7. The number of nitrogens with one attached hydrogen (secondary N) is 1. The summed E-state index contributed by atoms with van der Waals surface area (Å²) in [6.07, 6.45) is 0. The molecule has 1 aromatic carbocycles. The maximum Gasteiger partial charge on any atom is 0.260 e. The first-order chi connectivity index (χ1) is 10.6. The minimum absolute atomic E-state index is 0.312.